The third-order valence-corrected chi connectivity index (χ3v) is 4.16. The number of ether oxygens (including phenoxy) is 2. The number of aliphatic hydroxyl groups excluding tert-OH is 1. The summed E-state index contributed by atoms with van der Waals surface area (Å²) in [4.78, 5) is 16.7. The van der Waals surface area contributed by atoms with Gasteiger partial charge in [-0.3, -0.25) is 14.0 Å². The Labute approximate surface area is 156 Å². The van der Waals surface area contributed by atoms with Crippen LogP contribution in [0.3, 0.4) is 0 Å². The zero-order chi connectivity index (χ0) is 19.4. The number of aliphatic hydroxyl groups is 1. The van der Waals surface area contributed by atoms with Gasteiger partial charge in [0, 0.05) is 7.05 Å². The van der Waals surface area contributed by atoms with Crippen LogP contribution in [0.15, 0.2) is 48.2 Å². The zero-order valence-corrected chi connectivity index (χ0v) is 15.3. The number of methoxy groups -OCH3 is 1. The van der Waals surface area contributed by atoms with E-state index in [0.29, 0.717) is 22.5 Å². The van der Waals surface area contributed by atoms with Crippen molar-refractivity contribution in [2.45, 2.75) is 19.1 Å². The summed E-state index contributed by atoms with van der Waals surface area (Å²) in [6.45, 7) is 3.79. The highest BCUT2D eigenvalue weighted by atomic mass is 16.5. The number of hydrogen-bond acceptors (Lipinski definition) is 6. The molecule has 8 nitrogen and oxygen atoms in total. The molecule has 0 amide bonds. The zero-order valence-electron chi connectivity index (χ0n) is 15.3. The van der Waals surface area contributed by atoms with Crippen molar-refractivity contribution < 1.29 is 14.6 Å². The highest BCUT2D eigenvalue weighted by Crippen LogP contribution is 2.28. The van der Waals surface area contributed by atoms with Crippen LogP contribution < -0.4 is 15.0 Å². The molecule has 3 aromatic rings. The Morgan fingerprint density at radius 1 is 1.37 bits per heavy atom. The first-order valence-electron chi connectivity index (χ1n) is 8.49. The molecule has 0 aliphatic rings. The normalized spacial score (nSPS) is 12.1. The van der Waals surface area contributed by atoms with Crippen LogP contribution in [0.5, 0.6) is 11.5 Å². The van der Waals surface area contributed by atoms with Crippen molar-refractivity contribution in [1.82, 2.24) is 19.3 Å². The van der Waals surface area contributed by atoms with Crippen molar-refractivity contribution in [2.75, 3.05) is 13.7 Å². The minimum Gasteiger partial charge on any atom is -0.493 e. The third-order valence-electron chi connectivity index (χ3n) is 4.16. The van der Waals surface area contributed by atoms with Crippen molar-refractivity contribution in [2.24, 2.45) is 7.05 Å². The summed E-state index contributed by atoms with van der Waals surface area (Å²) in [6.07, 6.45) is 4.52. The van der Waals surface area contributed by atoms with Gasteiger partial charge in [-0.25, -0.2) is 4.98 Å². The lowest BCUT2D eigenvalue weighted by Crippen LogP contribution is -2.30. The van der Waals surface area contributed by atoms with Gasteiger partial charge >= 0.3 is 0 Å². The first kappa shape index (κ1) is 18.7. The largest absolute Gasteiger partial charge is 0.493 e. The molecule has 0 saturated heterocycles. The van der Waals surface area contributed by atoms with E-state index in [1.807, 2.05) is 18.2 Å². The first-order chi connectivity index (χ1) is 13.0. The Kier molecular flexibility index (Phi) is 5.56. The van der Waals surface area contributed by atoms with E-state index in [9.17, 15) is 9.90 Å². The van der Waals surface area contributed by atoms with E-state index in [2.05, 4.69) is 16.7 Å². The summed E-state index contributed by atoms with van der Waals surface area (Å²) in [5.74, 6) is 1.11. The highest BCUT2D eigenvalue weighted by Gasteiger charge is 2.13. The van der Waals surface area contributed by atoms with Gasteiger partial charge in [0.25, 0.3) is 5.56 Å². The van der Waals surface area contributed by atoms with Crippen LogP contribution in [0.4, 0.5) is 0 Å². The van der Waals surface area contributed by atoms with Crippen LogP contribution >= 0.6 is 0 Å². The molecule has 1 unspecified atom stereocenters. The van der Waals surface area contributed by atoms with Crippen LogP contribution in [-0.2, 0) is 20.0 Å². The summed E-state index contributed by atoms with van der Waals surface area (Å²) >= 11 is 0. The Morgan fingerprint density at radius 2 is 2.19 bits per heavy atom. The number of nitrogens with zero attached hydrogens (tertiary/aromatic N) is 4. The highest BCUT2D eigenvalue weighted by molar-refractivity contribution is 5.72. The summed E-state index contributed by atoms with van der Waals surface area (Å²) < 4.78 is 13.9. The molecule has 2 heterocycles. The van der Waals surface area contributed by atoms with Crippen LogP contribution in [0.25, 0.3) is 11.0 Å². The molecule has 8 heteroatoms. The topological polar surface area (TPSA) is 91.4 Å². The Hall–Kier alpha value is -3.13. The van der Waals surface area contributed by atoms with Crippen molar-refractivity contribution in [1.29, 1.82) is 0 Å². The molecule has 0 fully saturated rings. The maximum absolute atomic E-state index is 12.4. The number of aromatic nitrogens is 4. The fraction of sp³-hybridized carbons (Fsp3) is 0.316. The van der Waals surface area contributed by atoms with Gasteiger partial charge < -0.3 is 14.6 Å². The fourth-order valence-corrected chi connectivity index (χ4v) is 2.79. The standard InChI is InChI=1S/C19H22N4O4/c1-4-5-13-6-7-16(17(8-13)26-3)27-11-14(24)10-23-12-20-18-15(19(23)25)9-21-22(18)2/h4,6-9,12,14,24H,1,5,10-11H2,2-3H3. The van der Waals surface area contributed by atoms with Gasteiger partial charge in [-0.2, -0.15) is 5.10 Å². The van der Waals surface area contributed by atoms with E-state index in [0.717, 1.165) is 12.0 Å². The molecule has 0 spiro atoms. The number of benzene rings is 1. The van der Waals surface area contributed by atoms with E-state index in [1.165, 1.54) is 21.8 Å². The fourth-order valence-electron chi connectivity index (χ4n) is 2.79. The second-order valence-electron chi connectivity index (χ2n) is 6.15. The van der Waals surface area contributed by atoms with E-state index >= 15 is 0 Å². The Morgan fingerprint density at radius 3 is 2.93 bits per heavy atom. The summed E-state index contributed by atoms with van der Waals surface area (Å²) in [7, 11) is 3.28. The molecule has 3 rings (SSSR count). The van der Waals surface area contributed by atoms with Gasteiger partial charge in [-0.15, -0.1) is 6.58 Å². The minimum atomic E-state index is -0.892. The maximum Gasteiger partial charge on any atom is 0.264 e. The predicted molar refractivity (Wildman–Crippen MR) is 101 cm³/mol. The van der Waals surface area contributed by atoms with Gasteiger partial charge in [0.1, 0.15) is 24.4 Å². The molecular formula is C19H22N4O4. The molecule has 0 radical (unpaired) electrons. The predicted octanol–water partition coefficient (Wildman–Crippen LogP) is 1.31. The van der Waals surface area contributed by atoms with Crippen molar-refractivity contribution >= 4 is 11.0 Å². The van der Waals surface area contributed by atoms with Crippen LogP contribution in [0.1, 0.15) is 5.56 Å². The SMILES string of the molecule is C=CCc1ccc(OCC(O)Cn2cnc3c(cnn3C)c2=O)c(OC)c1. The number of hydrogen-bond donors (Lipinski definition) is 1. The van der Waals surface area contributed by atoms with Gasteiger partial charge in [0.2, 0.25) is 0 Å². The van der Waals surface area contributed by atoms with Crippen LogP contribution in [0.2, 0.25) is 0 Å². The quantitative estimate of drug-likeness (QED) is 0.601. The van der Waals surface area contributed by atoms with Crippen molar-refractivity contribution in [3.63, 3.8) is 0 Å². The Bertz CT molecular complexity index is 1010. The molecule has 0 saturated carbocycles. The van der Waals surface area contributed by atoms with Gasteiger partial charge in [0.15, 0.2) is 17.1 Å². The molecule has 27 heavy (non-hydrogen) atoms. The van der Waals surface area contributed by atoms with Crippen LogP contribution in [0, 0.1) is 0 Å². The monoisotopic (exact) mass is 370 g/mol. The smallest absolute Gasteiger partial charge is 0.264 e. The number of allylic oxidation sites excluding steroid dienone is 1. The Balaban J connectivity index is 1.68. The van der Waals surface area contributed by atoms with E-state index in [1.54, 1.807) is 20.2 Å². The third kappa shape index (κ3) is 4.01. The number of aryl methyl sites for hydroxylation is 1. The van der Waals surface area contributed by atoms with Crippen LogP contribution in [-0.4, -0.2) is 44.3 Å². The summed E-state index contributed by atoms with van der Waals surface area (Å²) in [5, 5.41) is 14.7. The molecular weight excluding hydrogens is 348 g/mol. The molecule has 0 bridgehead atoms. The molecule has 2 aromatic heterocycles. The number of fused-ring (bicyclic) bond motifs is 1. The van der Waals surface area contributed by atoms with Gasteiger partial charge in [-0.1, -0.05) is 12.1 Å². The molecule has 142 valence electrons. The lowest BCUT2D eigenvalue weighted by atomic mass is 10.1. The van der Waals surface area contributed by atoms with Gasteiger partial charge in [0.05, 0.1) is 19.9 Å². The molecule has 1 atom stereocenters. The minimum absolute atomic E-state index is 0.00861. The molecule has 0 aliphatic carbocycles. The van der Waals surface area contributed by atoms with E-state index < -0.39 is 6.10 Å². The van der Waals surface area contributed by atoms with Gasteiger partial charge in [-0.05, 0) is 24.1 Å². The van der Waals surface area contributed by atoms with Crippen molar-refractivity contribution in [3.8, 4) is 11.5 Å². The maximum atomic E-state index is 12.4. The molecule has 1 aromatic carbocycles. The summed E-state index contributed by atoms with van der Waals surface area (Å²) in [6, 6.07) is 5.57. The van der Waals surface area contributed by atoms with E-state index in [-0.39, 0.29) is 18.7 Å². The second kappa shape index (κ2) is 8.05. The summed E-state index contributed by atoms with van der Waals surface area (Å²) in [5.41, 5.74) is 1.31. The lowest BCUT2D eigenvalue weighted by Gasteiger charge is -2.16. The van der Waals surface area contributed by atoms with Crippen molar-refractivity contribution in [3.05, 3.63) is 59.3 Å². The average Bonchev–Trinajstić information content (AvgIpc) is 3.04. The first-order valence-corrected chi connectivity index (χ1v) is 8.49. The molecule has 0 aliphatic heterocycles. The lowest BCUT2D eigenvalue weighted by molar-refractivity contribution is 0.0900. The van der Waals surface area contributed by atoms with E-state index in [4.69, 9.17) is 9.47 Å². The average molecular weight is 370 g/mol. The molecule has 1 N–H and O–H groups in total. The second-order valence-corrected chi connectivity index (χ2v) is 6.15. The number of rotatable bonds is 8.